The molecular formula is C17H20ClF3N2O2. The van der Waals surface area contributed by atoms with E-state index < -0.39 is 22.7 Å². The Labute approximate surface area is 149 Å². The molecule has 1 aromatic rings. The fraction of sp³-hybridized carbons (Fsp3) is 0.529. The van der Waals surface area contributed by atoms with Gasteiger partial charge in [0, 0.05) is 31.6 Å². The minimum atomic E-state index is -4.62. The molecule has 25 heavy (non-hydrogen) atoms. The van der Waals surface area contributed by atoms with Crippen molar-refractivity contribution in [1.29, 1.82) is 0 Å². The Balaban J connectivity index is 2.07. The van der Waals surface area contributed by atoms with Gasteiger partial charge < -0.3 is 10.2 Å². The van der Waals surface area contributed by atoms with E-state index in [4.69, 9.17) is 11.6 Å². The second-order valence-electron chi connectivity index (χ2n) is 6.13. The maximum absolute atomic E-state index is 13.0. The number of nitrogens with zero attached hydrogens (tertiary/aromatic N) is 1. The highest BCUT2D eigenvalue weighted by Crippen LogP contribution is 2.37. The van der Waals surface area contributed by atoms with Gasteiger partial charge in [-0.1, -0.05) is 24.4 Å². The summed E-state index contributed by atoms with van der Waals surface area (Å²) in [5.41, 5.74) is -0.939. The zero-order valence-corrected chi connectivity index (χ0v) is 14.6. The molecule has 8 heteroatoms. The molecule has 4 nitrogen and oxygen atoms in total. The van der Waals surface area contributed by atoms with E-state index in [0.717, 1.165) is 42.7 Å². The average Bonchev–Trinajstić information content (AvgIpc) is 3.00. The Hall–Kier alpha value is -1.76. The van der Waals surface area contributed by atoms with Crippen molar-refractivity contribution < 1.29 is 22.8 Å². The molecule has 0 radical (unpaired) electrons. The third-order valence-electron chi connectivity index (χ3n) is 4.23. The summed E-state index contributed by atoms with van der Waals surface area (Å²) in [4.78, 5) is 25.0. The second-order valence-corrected chi connectivity index (χ2v) is 6.54. The van der Waals surface area contributed by atoms with Gasteiger partial charge in [-0.05, 0) is 31.0 Å². The number of hydrogen-bond acceptors (Lipinski definition) is 2. The third kappa shape index (κ3) is 5.36. The number of carbonyl (C=O) groups excluding carboxylic acids is 2. The number of alkyl halides is 3. The van der Waals surface area contributed by atoms with Gasteiger partial charge in [-0.15, -0.1) is 0 Å². The maximum Gasteiger partial charge on any atom is 0.417 e. The summed E-state index contributed by atoms with van der Waals surface area (Å²) in [7, 11) is 0. The molecule has 0 heterocycles. The number of anilines is 1. The third-order valence-corrected chi connectivity index (χ3v) is 4.56. The molecule has 0 aliphatic heterocycles. The van der Waals surface area contributed by atoms with Crippen molar-refractivity contribution >= 4 is 29.1 Å². The Kier molecular flexibility index (Phi) is 6.32. The quantitative estimate of drug-likeness (QED) is 0.838. The van der Waals surface area contributed by atoms with Gasteiger partial charge in [-0.2, -0.15) is 13.2 Å². The molecule has 0 unspecified atom stereocenters. The normalized spacial score (nSPS) is 15.2. The summed E-state index contributed by atoms with van der Waals surface area (Å²) in [6, 6.07) is 3.44. The predicted octanol–water partition coefficient (Wildman–Crippen LogP) is 4.16. The first-order valence-corrected chi connectivity index (χ1v) is 8.50. The highest BCUT2D eigenvalue weighted by Gasteiger charge is 2.34. The van der Waals surface area contributed by atoms with Crippen molar-refractivity contribution in [3.8, 4) is 0 Å². The van der Waals surface area contributed by atoms with E-state index in [1.54, 1.807) is 0 Å². The topological polar surface area (TPSA) is 49.4 Å². The molecule has 1 fully saturated rings. The molecule has 1 aromatic carbocycles. The van der Waals surface area contributed by atoms with Gasteiger partial charge in [0.25, 0.3) is 0 Å². The van der Waals surface area contributed by atoms with Gasteiger partial charge in [0.05, 0.1) is 10.6 Å². The van der Waals surface area contributed by atoms with E-state index >= 15 is 0 Å². The van der Waals surface area contributed by atoms with Crippen molar-refractivity contribution in [1.82, 2.24) is 5.32 Å². The lowest BCUT2D eigenvalue weighted by atomic mass is 10.1. The Morgan fingerprint density at radius 3 is 2.48 bits per heavy atom. The number of amides is 2. The van der Waals surface area contributed by atoms with E-state index in [9.17, 15) is 22.8 Å². The summed E-state index contributed by atoms with van der Waals surface area (Å²) in [6.45, 7) is 1.25. The highest BCUT2D eigenvalue weighted by atomic mass is 35.5. The van der Waals surface area contributed by atoms with Crippen LogP contribution in [-0.4, -0.2) is 24.4 Å². The molecule has 1 aliphatic carbocycles. The van der Waals surface area contributed by atoms with Crippen LogP contribution in [0.3, 0.4) is 0 Å². The number of rotatable bonds is 5. The van der Waals surface area contributed by atoms with Gasteiger partial charge in [-0.25, -0.2) is 0 Å². The first-order valence-electron chi connectivity index (χ1n) is 8.12. The van der Waals surface area contributed by atoms with Gasteiger partial charge in [-0.3, -0.25) is 9.59 Å². The average molecular weight is 377 g/mol. The molecule has 0 bridgehead atoms. The summed E-state index contributed by atoms with van der Waals surface area (Å²) in [5.74, 6) is -0.646. The minimum Gasteiger partial charge on any atom is -0.353 e. The molecule has 2 amide bonds. The van der Waals surface area contributed by atoms with Crippen molar-refractivity contribution in [3.63, 3.8) is 0 Å². The number of carbonyl (C=O) groups is 2. The number of nitrogens with one attached hydrogen (secondary N) is 1. The molecule has 0 spiro atoms. The molecular weight excluding hydrogens is 357 g/mol. The van der Waals surface area contributed by atoms with E-state index in [-0.39, 0.29) is 30.6 Å². The monoisotopic (exact) mass is 376 g/mol. The Bertz CT molecular complexity index is 643. The summed E-state index contributed by atoms with van der Waals surface area (Å²) >= 11 is 5.60. The van der Waals surface area contributed by atoms with Crippen LogP contribution >= 0.6 is 11.6 Å². The van der Waals surface area contributed by atoms with Crippen molar-refractivity contribution in [2.75, 3.05) is 11.4 Å². The van der Waals surface area contributed by atoms with Crippen LogP contribution in [0, 0.1) is 0 Å². The lowest BCUT2D eigenvalue weighted by Gasteiger charge is -2.23. The lowest BCUT2D eigenvalue weighted by molar-refractivity contribution is -0.137. The van der Waals surface area contributed by atoms with Crippen LogP contribution in [-0.2, 0) is 15.8 Å². The van der Waals surface area contributed by atoms with Crippen molar-refractivity contribution in [2.24, 2.45) is 0 Å². The SMILES string of the molecule is CC(=O)N(CCC(=O)NC1CCCC1)c1ccc(Cl)c(C(F)(F)F)c1. The van der Waals surface area contributed by atoms with E-state index in [0.29, 0.717) is 0 Å². The molecule has 1 aliphatic rings. The van der Waals surface area contributed by atoms with Crippen LogP contribution in [0.2, 0.25) is 5.02 Å². The summed E-state index contributed by atoms with van der Waals surface area (Å²) < 4.78 is 38.9. The number of hydrogen-bond donors (Lipinski definition) is 1. The van der Waals surface area contributed by atoms with Crippen LogP contribution in [0.4, 0.5) is 18.9 Å². The lowest BCUT2D eigenvalue weighted by Crippen LogP contribution is -2.37. The predicted molar refractivity (Wildman–Crippen MR) is 89.5 cm³/mol. The van der Waals surface area contributed by atoms with Crippen molar-refractivity contribution in [2.45, 2.75) is 51.2 Å². The van der Waals surface area contributed by atoms with Gasteiger partial charge >= 0.3 is 6.18 Å². The molecule has 1 saturated carbocycles. The summed E-state index contributed by atoms with van der Waals surface area (Å²) in [6.07, 6.45) is -0.553. The van der Waals surface area contributed by atoms with Gasteiger partial charge in [0.15, 0.2) is 0 Å². The zero-order chi connectivity index (χ0) is 18.6. The fourth-order valence-electron chi connectivity index (χ4n) is 2.95. The van der Waals surface area contributed by atoms with E-state index in [2.05, 4.69) is 5.32 Å². The minimum absolute atomic E-state index is 0.00676. The first-order chi connectivity index (χ1) is 11.7. The molecule has 0 saturated heterocycles. The summed E-state index contributed by atoms with van der Waals surface area (Å²) in [5, 5.41) is 2.46. The highest BCUT2D eigenvalue weighted by molar-refractivity contribution is 6.31. The van der Waals surface area contributed by atoms with E-state index in [1.807, 2.05) is 0 Å². The van der Waals surface area contributed by atoms with Crippen LogP contribution in [0.5, 0.6) is 0 Å². The van der Waals surface area contributed by atoms with Crippen LogP contribution in [0.1, 0.15) is 44.6 Å². The standard InChI is InChI=1S/C17H20ClF3N2O2/c1-11(24)23(9-8-16(25)22-12-4-2-3-5-12)13-6-7-15(18)14(10-13)17(19,20)21/h6-7,10,12H,2-5,8-9H2,1H3,(H,22,25). The molecule has 2 rings (SSSR count). The second kappa shape index (κ2) is 8.08. The van der Waals surface area contributed by atoms with Crippen molar-refractivity contribution in [3.05, 3.63) is 28.8 Å². The zero-order valence-electron chi connectivity index (χ0n) is 13.8. The Morgan fingerprint density at radius 1 is 1.28 bits per heavy atom. The van der Waals surface area contributed by atoms with Gasteiger partial charge in [0.1, 0.15) is 0 Å². The van der Waals surface area contributed by atoms with Crippen LogP contribution in [0.15, 0.2) is 18.2 Å². The van der Waals surface area contributed by atoms with Crippen LogP contribution in [0.25, 0.3) is 0 Å². The molecule has 0 atom stereocenters. The number of halogens is 4. The molecule has 0 aromatic heterocycles. The number of benzene rings is 1. The van der Waals surface area contributed by atoms with Gasteiger partial charge in [0.2, 0.25) is 11.8 Å². The first kappa shape index (κ1) is 19.6. The molecule has 138 valence electrons. The fourth-order valence-corrected chi connectivity index (χ4v) is 3.17. The Morgan fingerprint density at radius 2 is 1.92 bits per heavy atom. The largest absolute Gasteiger partial charge is 0.417 e. The smallest absolute Gasteiger partial charge is 0.353 e. The van der Waals surface area contributed by atoms with E-state index in [1.165, 1.54) is 13.0 Å². The van der Waals surface area contributed by atoms with Crippen LogP contribution < -0.4 is 10.2 Å². The molecule has 1 N–H and O–H groups in total. The maximum atomic E-state index is 13.0.